The largest absolute Gasteiger partial charge is 0.477 e. The molecule has 0 saturated carbocycles. The number of halogens is 2. The molecule has 4 amide bonds. The number of hydrogen-bond donors (Lipinski definition) is 3. The number of carbonyl (C=O) groups is 4. The lowest BCUT2D eigenvalue weighted by Gasteiger charge is -2.35. The van der Waals surface area contributed by atoms with Crippen LogP contribution in [-0.4, -0.2) is 94.4 Å². The van der Waals surface area contributed by atoms with Gasteiger partial charge in [0.2, 0.25) is 0 Å². The Labute approximate surface area is 301 Å². The molecule has 2 fully saturated rings. The second kappa shape index (κ2) is 13.9. The summed E-state index contributed by atoms with van der Waals surface area (Å²) >= 11 is 0. The van der Waals surface area contributed by atoms with Crippen molar-refractivity contribution in [1.82, 2.24) is 19.9 Å². The Balaban J connectivity index is 0.000000164. The highest BCUT2D eigenvalue weighted by Gasteiger charge is 2.42. The van der Waals surface area contributed by atoms with Gasteiger partial charge in [-0.3, -0.25) is 20.4 Å². The number of hydrogen-bond acceptors (Lipinski definition) is 11. The molecule has 18 heteroatoms. The molecular formula is C35H34F2N10O6. The first-order valence-corrected chi connectivity index (χ1v) is 16.7. The number of rotatable bonds is 4. The summed E-state index contributed by atoms with van der Waals surface area (Å²) in [6, 6.07) is 8.31. The van der Waals surface area contributed by atoms with E-state index in [1.807, 2.05) is 0 Å². The van der Waals surface area contributed by atoms with Gasteiger partial charge in [0.05, 0.1) is 43.0 Å². The summed E-state index contributed by atoms with van der Waals surface area (Å²) in [4.78, 5) is 72.5. The molecule has 2 saturated heterocycles. The van der Waals surface area contributed by atoms with Gasteiger partial charge < -0.3 is 19.6 Å². The highest BCUT2D eigenvalue weighted by molar-refractivity contribution is 6.05. The molecule has 3 N–H and O–H groups in total. The quantitative estimate of drug-likeness (QED) is 0.249. The van der Waals surface area contributed by atoms with Crippen molar-refractivity contribution in [3.8, 4) is 0 Å². The summed E-state index contributed by atoms with van der Waals surface area (Å²) in [6.07, 6.45) is 3.66. The smallest absolute Gasteiger partial charge is 0.356 e. The van der Waals surface area contributed by atoms with Gasteiger partial charge in [-0.25, -0.2) is 47.9 Å². The highest BCUT2D eigenvalue weighted by Crippen LogP contribution is 2.40. The number of aryl methyl sites for hydroxylation is 2. The molecule has 8 heterocycles. The van der Waals surface area contributed by atoms with E-state index in [2.05, 4.69) is 40.4 Å². The zero-order valence-electron chi connectivity index (χ0n) is 28.8. The van der Waals surface area contributed by atoms with Gasteiger partial charge in [-0.05, 0) is 74.2 Å². The van der Waals surface area contributed by atoms with Crippen molar-refractivity contribution in [3.05, 3.63) is 82.9 Å². The Morgan fingerprint density at radius 2 is 1.21 bits per heavy atom. The predicted octanol–water partition coefficient (Wildman–Crippen LogP) is 4.59. The van der Waals surface area contributed by atoms with Gasteiger partial charge in [0.15, 0.2) is 23.0 Å². The number of urea groups is 2. The number of nitrogens with one attached hydrogen (secondary N) is 2. The molecular weight excluding hydrogens is 694 g/mol. The summed E-state index contributed by atoms with van der Waals surface area (Å²) in [7, 11) is 1.28. The van der Waals surface area contributed by atoms with Crippen molar-refractivity contribution >= 4 is 58.6 Å². The van der Waals surface area contributed by atoms with Gasteiger partial charge in [0.25, 0.3) is 0 Å². The molecule has 8 rings (SSSR count). The molecule has 0 spiro atoms. The van der Waals surface area contributed by atoms with Crippen molar-refractivity contribution in [2.75, 3.05) is 63.5 Å². The van der Waals surface area contributed by atoms with E-state index in [0.717, 1.165) is 49.7 Å². The number of carbonyl (C=O) groups excluding carboxylic acids is 3. The summed E-state index contributed by atoms with van der Waals surface area (Å²) in [5, 5.41) is 14.6. The number of ether oxygens (including phenoxy) is 1. The lowest BCUT2D eigenvalue weighted by atomic mass is 10.2. The van der Waals surface area contributed by atoms with Crippen LogP contribution in [0.25, 0.3) is 0 Å². The molecule has 4 aliphatic rings. The summed E-state index contributed by atoms with van der Waals surface area (Å²) in [5.74, 6) is -1.41. The van der Waals surface area contributed by atoms with Crippen LogP contribution in [0.2, 0.25) is 0 Å². The Bertz CT molecular complexity index is 2150. The van der Waals surface area contributed by atoms with Gasteiger partial charge in [-0.2, -0.15) is 0 Å². The number of carboxylic acid groups (broad SMARTS) is 1. The molecule has 2 atom stereocenters. The summed E-state index contributed by atoms with van der Waals surface area (Å²) in [6.45, 7) is 6.10. The van der Waals surface area contributed by atoms with Crippen LogP contribution in [0.5, 0.6) is 0 Å². The van der Waals surface area contributed by atoms with Crippen molar-refractivity contribution in [3.63, 3.8) is 0 Å². The van der Waals surface area contributed by atoms with E-state index in [4.69, 9.17) is 4.74 Å². The standard InChI is InChI=1S/C18H18FN5O3.C17H16FN5O3/c1-10-7-15(20-8-12(10)19)22-18(26)24-11-5-6-23(9-11)14-4-3-13(17(25)27-2)21-16(14)24;1-9-6-14(19-7-11(9)18)21-17(26)23-10-4-5-22(8-10)13-3-2-12(16(24)25)20-15(13)23/h3-4,7-8,11H,5-6,9H2,1-2H3,(H,20,22,26);2-3,6-7,10H,4-5,8H2,1H3,(H,24,25)(H,19,21,26)/t11-;10-/m00/s1. The van der Waals surface area contributed by atoms with E-state index in [-0.39, 0.29) is 35.1 Å². The fraction of sp³-hybridized carbons (Fsp3) is 0.314. The summed E-state index contributed by atoms with van der Waals surface area (Å²) < 4.78 is 31.5. The zero-order valence-corrected chi connectivity index (χ0v) is 28.8. The third-order valence-corrected chi connectivity index (χ3v) is 9.52. The topological polar surface area (TPSA) is 186 Å². The minimum atomic E-state index is -1.16. The molecule has 4 aliphatic heterocycles. The molecule has 0 aromatic carbocycles. The van der Waals surface area contributed by atoms with Crippen LogP contribution in [0.1, 0.15) is 44.9 Å². The van der Waals surface area contributed by atoms with Gasteiger partial charge in [-0.1, -0.05) is 0 Å². The van der Waals surface area contributed by atoms with E-state index < -0.39 is 35.6 Å². The van der Waals surface area contributed by atoms with E-state index in [1.165, 1.54) is 30.2 Å². The third kappa shape index (κ3) is 6.70. The monoisotopic (exact) mass is 728 g/mol. The van der Waals surface area contributed by atoms with E-state index in [1.54, 1.807) is 36.9 Å². The Morgan fingerprint density at radius 3 is 1.64 bits per heavy atom. The van der Waals surface area contributed by atoms with Gasteiger partial charge in [-0.15, -0.1) is 0 Å². The number of anilines is 6. The van der Waals surface area contributed by atoms with E-state index >= 15 is 0 Å². The number of esters is 1. The zero-order chi connectivity index (χ0) is 37.6. The molecule has 4 bridgehead atoms. The van der Waals surface area contributed by atoms with Crippen molar-refractivity contribution in [2.45, 2.75) is 38.8 Å². The first-order valence-electron chi connectivity index (χ1n) is 16.7. The van der Waals surface area contributed by atoms with Crippen LogP contribution < -0.4 is 30.2 Å². The average Bonchev–Trinajstić information content (AvgIpc) is 3.76. The molecule has 0 aliphatic carbocycles. The fourth-order valence-electron chi connectivity index (χ4n) is 6.84. The number of methoxy groups -OCH3 is 1. The van der Waals surface area contributed by atoms with Crippen LogP contribution in [-0.2, 0) is 4.74 Å². The highest BCUT2D eigenvalue weighted by atomic mass is 19.1. The average molecular weight is 729 g/mol. The maximum absolute atomic E-state index is 13.4. The Kier molecular flexibility index (Phi) is 9.19. The van der Waals surface area contributed by atoms with Crippen LogP contribution >= 0.6 is 0 Å². The third-order valence-electron chi connectivity index (χ3n) is 9.52. The molecule has 0 unspecified atom stereocenters. The summed E-state index contributed by atoms with van der Waals surface area (Å²) in [5.41, 5.74) is 2.27. The van der Waals surface area contributed by atoms with Gasteiger partial charge in [0, 0.05) is 26.2 Å². The number of aromatic carboxylic acids is 1. The van der Waals surface area contributed by atoms with Crippen LogP contribution in [0.15, 0.2) is 48.8 Å². The van der Waals surface area contributed by atoms with Gasteiger partial charge in [0.1, 0.15) is 23.3 Å². The fourth-order valence-corrected chi connectivity index (χ4v) is 6.84. The lowest BCUT2D eigenvalue weighted by molar-refractivity contribution is 0.0593. The Morgan fingerprint density at radius 1 is 0.755 bits per heavy atom. The number of nitrogens with zero attached hydrogens (tertiary/aromatic N) is 8. The van der Waals surface area contributed by atoms with E-state index in [0.29, 0.717) is 35.9 Å². The second-order valence-electron chi connectivity index (χ2n) is 12.9. The molecule has 274 valence electrons. The normalized spacial score (nSPS) is 17.7. The maximum Gasteiger partial charge on any atom is 0.356 e. The number of fused-ring (bicyclic) bond motifs is 8. The molecule has 53 heavy (non-hydrogen) atoms. The molecule has 4 aromatic rings. The Hall–Kier alpha value is -6.46. The molecule has 16 nitrogen and oxygen atoms in total. The first kappa shape index (κ1) is 35.0. The molecule has 4 aromatic heterocycles. The number of pyridine rings is 4. The van der Waals surface area contributed by atoms with Gasteiger partial charge >= 0.3 is 24.0 Å². The number of amides is 4. The molecule has 0 radical (unpaired) electrons. The minimum absolute atomic E-state index is 0.0700. The second-order valence-corrected chi connectivity index (χ2v) is 12.9. The van der Waals surface area contributed by atoms with Crippen molar-refractivity contribution in [2.24, 2.45) is 0 Å². The van der Waals surface area contributed by atoms with E-state index in [9.17, 15) is 33.1 Å². The van der Waals surface area contributed by atoms with Crippen LogP contribution in [0, 0.1) is 25.5 Å². The minimum Gasteiger partial charge on any atom is -0.477 e. The van der Waals surface area contributed by atoms with Crippen molar-refractivity contribution < 1.29 is 37.8 Å². The number of aromatic nitrogens is 4. The predicted molar refractivity (Wildman–Crippen MR) is 189 cm³/mol. The first-order chi connectivity index (χ1) is 25.4. The SMILES string of the molecule is COC(=O)c1ccc2c(n1)N(C(=O)Nc1cc(C)c(F)cn1)[C@H]1CCN2C1.Cc1cc(NC(=O)N2c3nc(C(=O)O)ccc3N3CC[C@H]2C3)ncc1F. The maximum atomic E-state index is 13.4. The lowest BCUT2D eigenvalue weighted by Crippen LogP contribution is -2.48. The van der Waals surface area contributed by atoms with Crippen LogP contribution in [0.3, 0.4) is 0 Å². The number of carboxylic acids is 1. The van der Waals surface area contributed by atoms with Crippen molar-refractivity contribution in [1.29, 1.82) is 0 Å². The van der Waals surface area contributed by atoms with Crippen LogP contribution in [0.4, 0.5) is 53.0 Å².